The first-order valence-electron chi connectivity index (χ1n) is 10.0. The summed E-state index contributed by atoms with van der Waals surface area (Å²) in [5.74, 6) is -0.742. The lowest BCUT2D eigenvalue weighted by molar-refractivity contribution is -0.131. The fourth-order valence-electron chi connectivity index (χ4n) is 3.73. The first kappa shape index (κ1) is 20.2. The summed E-state index contributed by atoms with van der Waals surface area (Å²) in [5, 5.41) is 26.7. The Labute approximate surface area is 180 Å². The van der Waals surface area contributed by atoms with Crippen LogP contribution in [0.2, 0.25) is 0 Å². The lowest BCUT2D eigenvalue weighted by Gasteiger charge is -2.17. The van der Waals surface area contributed by atoms with Crippen LogP contribution in [0.25, 0.3) is 28.1 Å². The van der Waals surface area contributed by atoms with Crippen molar-refractivity contribution >= 4 is 34.1 Å². The number of aromatic amines is 1. The third-order valence-corrected chi connectivity index (χ3v) is 5.22. The summed E-state index contributed by atoms with van der Waals surface area (Å²) < 4.78 is 0. The minimum absolute atomic E-state index is 0.232. The molecule has 0 unspecified atom stereocenters. The predicted octanol–water partition coefficient (Wildman–Crippen LogP) is 5.74. The molecule has 154 valence electrons. The van der Waals surface area contributed by atoms with Gasteiger partial charge in [0.25, 0.3) is 0 Å². The van der Waals surface area contributed by atoms with Crippen LogP contribution < -0.4 is 0 Å². The minimum Gasteiger partial charge on any atom is -0.508 e. The number of aliphatic carboxylic acids is 1. The number of phenols is 1. The quantitative estimate of drug-likeness (QED) is 0.280. The van der Waals surface area contributed by atoms with E-state index in [1.54, 1.807) is 18.2 Å². The number of aromatic nitrogens is 2. The van der Waals surface area contributed by atoms with Gasteiger partial charge in [-0.05, 0) is 70.2 Å². The van der Waals surface area contributed by atoms with Gasteiger partial charge in [-0.15, -0.1) is 0 Å². The number of aromatic hydroxyl groups is 1. The summed E-state index contributed by atoms with van der Waals surface area (Å²) in [6.07, 6.45) is 5.31. The highest BCUT2D eigenvalue weighted by Crippen LogP contribution is 2.36. The number of carbonyl (C=O) groups is 1. The zero-order chi connectivity index (χ0) is 21.8. The number of benzene rings is 3. The van der Waals surface area contributed by atoms with E-state index in [0.29, 0.717) is 0 Å². The molecular weight excluding hydrogens is 388 g/mol. The van der Waals surface area contributed by atoms with E-state index in [1.807, 2.05) is 48.7 Å². The van der Waals surface area contributed by atoms with Gasteiger partial charge in [0.2, 0.25) is 0 Å². The largest absolute Gasteiger partial charge is 0.508 e. The number of carboxylic acids is 1. The van der Waals surface area contributed by atoms with Crippen molar-refractivity contribution in [2.45, 2.75) is 13.3 Å². The van der Waals surface area contributed by atoms with Gasteiger partial charge < -0.3 is 10.2 Å². The van der Waals surface area contributed by atoms with Crippen molar-refractivity contribution < 1.29 is 15.0 Å². The SMILES string of the molecule is CC/C(=C(/c1ccc(/C=C/C(=O)O)cc1)c1ccc2[nH]ncc2c1)c1ccc(O)cc1. The molecule has 4 rings (SSSR count). The second-order valence-electron chi connectivity index (χ2n) is 7.22. The lowest BCUT2D eigenvalue weighted by Crippen LogP contribution is -1.95. The van der Waals surface area contributed by atoms with Crippen molar-refractivity contribution in [1.82, 2.24) is 10.2 Å². The fourth-order valence-corrected chi connectivity index (χ4v) is 3.73. The molecule has 0 bridgehead atoms. The molecule has 0 amide bonds. The topological polar surface area (TPSA) is 86.2 Å². The zero-order valence-electron chi connectivity index (χ0n) is 17.0. The number of phenolic OH excluding ortho intramolecular Hbond substituents is 1. The van der Waals surface area contributed by atoms with Gasteiger partial charge in [-0.25, -0.2) is 4.79 Å². The van der Waals surface area contributed by atoms with Crippen LogP contribution in [0.1, 0.15) is 35.6 Å². The van der Waals surface area contributed by atoms with Gasteiger partial charge in [-0.1, -0.05) is 49.4 Å². The first-order chi connectivity index (χ1) is 15.0. The average molecular weight is 410 g/mol. The molecule has 0 saturated carbocycles. The molecule has 0 aliphatic heterocycles. The molecule has 3 N–H and O–H groups in total. The molecule has 0 aliphatic rings. The summed E-state index contributed by atoms with van der Waals surface area (Å²) >= 11 is 0. The maximum absolute atomic E-state index is 10.8. The number of allylic oxidation sites excluding steroid dienone is 1. The van der Waals surface area contributed by atoms with Crippen LogP contribution >= 0.6 is 0 Å². The Hall–Kier alpha value is -4.12. The molecule has 0 saturated heterocycles. The van der Waals surface area contributed by atoms with Crippen LogP contribution in [0.4, 0.5) is 0 Å². The second-order valence-corrected chi connectivity index (χ2v) is 7.22. The summed E-state index contributed by atoms with van der Waals surface area (Å²) in [6, 6.07) is 21.3. The Morgan fingerprint density at radius 2 is 1.65 bits per heavy atom. The Balaban J connectivity index is 1.89. The molecule has 1 heterocycles. The molecule has 0 aliphatic carbocycles. The zero-order valence-corrected chi connectivity index (χ0v) is 17.0. The van der Waals surface area contributed by atoms with Gasteiger partial charge in [0.15, 0.2) is 0 Å². The van der Waals surface area contributed by atoms with Crippen molar-refractivity contribution in [2.24, 2.45) is 0 Å². The molecule has 1 aromatic heterocycles. The number of hydrogen-bond donors (Lipinski definition) is 3. The molecule has 0 atom stereocenters. The highest BCUT2D eigenvalue weighted by molar-refractivity contribution is 6.00. The highest BCUT2D eigenvalue weighted by atomic mass is 16.4. The lowest BCUT2D eigenvalue weighted by atomic mass is 9.87. The average Bonchev–Trinajstić information content (AvgIpc) is 3.25. The van der Waals surface area contributed by atoms with Crippen LogP contribution in [0, 0.1) is 0 Å². The monoisotopic (exact) mass is 410 g/mol. The Morgan fingerprint density at radius 3 is 2.32 bits per heavy atom. The van der Waals surface area contributed by atoms with E-state index in [0.717, 1.165) is 56.8 Å². The summed E-state index contributed by atoms with van der Waals surface area (Å²) in [4.78, 5) is 10.8. The van der Waals surface area contributed by atoms with Gasteiger partial charge in [0, 0.05) is 11.5 Å². The molecule has 0 spiro atoms. The third-order valence-electron chi connectivity index (χ3n) is 5.22. The molecule has 5 nitrogen and oxygen atoms in total. The fraction of sp³-hybridized carbons (Fsp3) is 0.0769. The standard InChI is InChI=1S/C26H22N2O3/c1-2-23(18-8-11-22(29)12-9-18)26(20-10-13-24-21(15-20)16-27-28-24)19-6-3-17(4-7-19)5-14-25(30)31/h3-16,29H,2H2,1H3,(H,27,28)(H,30,31)/b14-5+,26-23+. The molecule has 4 aromatic rings. The molecular formula is C26H22N2O3. The van der Waals surface area contributed by atoms with Crippen molar-refractivity contribution in [2.75, 3.05) is 0 Å². The second kappa shape index (κ2) is 8.71. The van der Waals surface area contributed by atoms with Crippen LogP contribution in [0.5, 0.6) is 5.75 Å². The molecule has 0 fully saturated rings. The van der Waals surface area contributed by atoms with Gasteiger partial charge in [0.05, 0.1) is 11.7 Å². The first-order valence-corrected chi connectivity index (χ1v) is 10.0. The Bertz CT molecular complexity index is 1280. The van der Waals surface area contributed by atoms with E-state index in [1.165, 1.54) is 0 Å². The maximum atomic E-state index is 10.8. The Kier molecular flexibility index (Phi) is 5.67. The predicted molar refractivity (Wildman–Crippen MR) is 124 cm³/mol. The molecule has 31 heavy (non-hydrogen) atoms. The van der Waals surface area contributed by atoms with E-state index >= 15 is 0 Å². The van der Waals surface area contributed by atoms with Gasteiger partial charge >= 0.3 is 5.97 Å². The van der Waals surface area contributed by atoms with Crippen LogP contribution in [0.3, 0.4) is 0 Å². The summed E-state index contributed by atoms with van der Waals surface area (Å²) in [6.45, 7) is 2.11. The Morgan fingerprint density at radius 1 is 0.968 bits per heavy atom. The number of fused-ring (bicyclic) bond motifs is 1. The molecule has 0 radical (unpaired) electrons. The van der Waals surface area contributed by atoms with Gasteiger partial charge in [-0.3, -0.25) is 5.10 Å². The van der Waals surface area contributed by atoms with Crippen molar-refractivity contribution in [1.29, 1.82) is 0 Å². The number of H-pyrrole nitrogens is 1. The number of carboxylic acid groups (broad SMARTS) is 1. The van der Waals surface area contributed by atoms with E-state index in [2.05, 4.69) is 29.3 Å². The summed E-state index contributed by atoms with van der Waals surface area (Å²) in [5.41, 5.74) is 7.16. The summed E-state index contributed by atoms with van der Waals surface area (Å²) in [7, 11) is 0. The smallest absolute Gasteiger partial charge is 0.328 e. The third kappa shape index (κ3) is 4.41. The van der Waals surface area contributed by atoms with Crippen molar-refractivity contribution in [3.8, 4) is 5.75 Å². The van der Waals surface area contributed by atoms with Gasteiger partial charge in [0.1, 0.15) is 5.75 Å². The number of hydrogen-bond acceptors (Lipinski definition) is 3. The van der Waals surface area contributed by atoms with Crippen LogP contribution in [-0.4, -0.2) is 26.4 Å². The van der Waals surface area contributed by atoms with Crippen LogP contribution in [0.15, 0.2) is 79.0 Å². The number of nitrogens with one attached hydrogen (secondary N) is 1. The molecule has 3 aromatic carbocycles. The van der Waals surface area contributed by atoms with E-state index in [-0.39, 0.29) is 5.75 Å². The van der Waals surface area contributed by atoms with Crippen molar-refractivity contribution in [3.63, 3.8) is 0 Å². The number of rotatable bonds is 6. The molecule has 5 heteroatoms. The van der Waals surface area contributed by atoms with E-state index in [9.17, 15) is 9.90 Å². The van der Waals surface area contributed by atoms with E-state index < -0.39 is 5.97 Å². The normalized spacial score (nSPS) is 12.3. The highest BCUT2D eigenvalue weighted by Gasteiger charge is 2.14. The maximum Gasteiger partial charge on any atom is 0.328 e. The minimum atomic E-state index is -0.973. The van der Waals surface area contributed by atoms with Crippen LogP contribution in [-0.2, 0) is 4.79 Å². The van der Waals surface area contributed by atoms with E-state index in [4.69, 9.17) is 5.11 Å². The van der Waals surface area contributed by atoms with Crippen molar-refractivity contribution in [3.05, 3.63) is 101 Å². The van der Waals surface area contributed by atoms with Gasteiger partial charge in [-0.2, -0.15) is 5.10 Å². The number of nitrogens with zero attached hydrogens (tertiary/aromatic N) is 1.